The van der Waals surface area contributed by atoms with E-state index in [1.165, 1.54) is 68.6 Å². The number of nitrogens with zero attached hydrogens (tertiary/aromatic N) is 2. The summed E-state index contributed by atoms with van der Waals surface area (Å²) in [5, 5.41) is 2.80. The van der Waals surface area contributed by atoms with Gasteiger partial charge in [-0.2, -0.15) is 0 Å². The van der Waals surface area contributed by atoms with Crippen LogP contribution in [0.3, 0.4) is 0 Å². The monoisotopic (exact) mass is 735 g/mol. The minimum Gasteiger partial charge on any atom is -0.460 e. The fourth-order valence-electron chi connectivity index (χ4n) is 6.55. The second-order valence-electron chi connectivity index (χ2n) is 14.6. The minimum atomic E-state index is -0.964. The number of fused-ring (bicyclic) bond motifs is 3. The van der Waals surface area contributed by atoms with Crippen molar-refractivity contribution in [1.29, 1.82) is 0 Å². The Balaban J connectivity index is 1.68. The van der Waals surface area contributed by atoms with Gasteiger partial charge in [-0.3, -0.25) is 19.2 Å². The maximum atomic E-state index is 13.4. The molecule has 0 radical (unpaired) electrons. The SMILES string of the molecule is CCCCCCCCCCCCCC(=O)OC1/C=C(C)\C=C\CNC(=O)/C=C\C(C)C(C(C)C)OC(=O)C2C=CCN2C(=O)c2coc(n2)CC(=O)C1. The van der Waals surface area contributed by atoms with Crippen LogP contribution in [0.25, 0.3) is 0 Å². The van der Waals surface area contributed by atoms with Crippen LogP contribution in [0.15, 0.2) is 58.8 Å². The number of hydrogen-bond donors (Lipinski definition) is 1. The third-order valence-electron chi connectivity index (χ3n) is 9.48. The van der Waals surface area contributed by atoms with Crippen molar-refractivity contribution in [2.24, 2.45) is 11.8 Å². The number of esters is 2. The highest BCUT2D eigenvalue weighted by molar-refractivity contribution is 5.96. The third-order valence-corrected chi connectivity index (χ3v) is 9.48. The van der Waals surface area contributed by atoms with Crippen LogP contribution in [0.5, 0.6) is 0 Å². The Morgan fingerprint density at radius 1 is 0.962 bits per heavy atom. The third kappa shape index (κ3) is 15.7. The topological polar surface area (TPSA) is 145 Å². The molecule has 0 fully saturated rings. The van der Waals surface area contributed by atoms with E-state index in [1.807, 2.05) is 27.7 Å². The molecule has 1 N–H and O–H groups in total. The van der Waals surface area contributed by atoms with Crippen LogP contribution < -0.4 is 5.32 Å². The van der Waals surface area contributed by atoms with Crippen LogP contribution >= 0.6 is 0 Å². The first kappa shape index (κ1) is 43.1. The van der Waals surface area contributed by atoms with Gasteiger partial charge in [0.05, 0.1) is 6.42 Å². The molecule has 11 nitrogen and oxygen atoms in total. The Morgan fingerprint density at radius 2 is 1.64 bits per heavy atom. The molecule has 292 valence electrons. The number of hydrogen-bond acceptors (Lipinski definition) is 9. The summed E-state index contributed by atoms with van der Waals surface area (Å²) in [7, 11) is 0. The highest BCUT2D eigenvalue weighted by Crippen LogP contribution is 2.23. The highest BCUT2D eigenvalue weighted by atomic mass is 16.5. The summed E-state index contributed by atoms with van der Waals surface area (Å²) >= 11 is 0. The van der Waals surface area contributed by atoms with Crippen LogP contribution in [-0.4, -0.2) is 70.8 Å². The van der Waals surface area contributed by atoms with Gasteiger partial charge in [-0.25, -0.2) is 9.78 Å². The molecule has 0 saturated carbocycles. The fraction of sp³-hybridized carbons (Fsp3) is 0.619. The summed E-state index contributed by atoms with van der Waals surface area (Å²) < 4.78 is 17.2. The summed E-state index contributed by atoms with van der Waals surface area (Å²) in [5.41, 5.74) is 0.715. The molecular weight excluding hydrogens is 674 g/mol. The van der Waals surface area contributed by atoms with Gasteiger partial charge in [-0.1, -0.05) is 128 Å². The van der Waals surface area contributed by atoms with Crippen LogP contribution in [-0.2, 0) is 35.1 Å². The number of ether oxygens (including phenoxy) is 2. The van der Waals surface area contributed by atoms with Gasteiger partial charge in [0.15, 0.2) is 5.69 Å². The maximum Gasteiger partial charge on any atom is 0.333 e. The van der Waals surface area contributed by atoms with Gasteiger partial charge in [-0.15, -0.1) is 0 Å². The van der Waals surface area contributed by atoms with E-state index >= 15 is 0 Å². The largest absolute Gasteiger partial charge is 0.460 e. The molecule has 3 rings (SSSR count). The molecule has 11 heteroatoms. The summed E-state index contributed by atoms with van der Waals surface area (Å²) in [6.45, 7) is 10.2. The Bertz CT molecular complexity index is 1470. The van der Waals surface area contributed by atoms with E-state index in [4.69, 9.17) is 13.9 Å². The summed E-state index contributed by atoms with van der Waals surface area (Å²) in [6.07, 6.45) is 24.4. The van der Waals surface area contributed by atoms with Gasteiger partial charge in [-0.05, 0) is 31.4 Å². The molecule has 3 heterocycles. The summed E-state index contributed by atoms with van der Waals surface area (Å²) in [6, 6.07) is -0.964. The number of aromatic nitrogens is 1. The lowest BCUT2D eigenvalue weighted by atomic mass is 9.94. The Hall–Kier alpha value is -4.28. The van der Waals surface area contributed by atoms with Crippen molar-refractivity contribution < 1.29 is 37.9 Å². The number of Topliss-reactive ketones (excluding diaryl/α,β-unsaturated/α-hetero) is 1. The first-order valence-corrected chi connectivity index (χ1v) is 19.6. The van der Waals surface area contributed by atoms with Crippen molar-refractivity contribution in [2.75, 3.05) is 13.1 Å². The Kier molecular flexibility index (Phi) is 19.0. The van der Waals surface area contributed by atoms with E-state index in [-0.39, 0.29) is 73.4 Å². The van der Waals surface area contributed by atoms with Crippen LogP contribution in [0.1, 0.15) is 134 Å². The first-order valence-electron chi connectivity index (χ1n) is 19.6. The van der Waals surface area contributed by atoms with Gasteiger partial charge >= 0.3 is 11.9 Å². The van der Waals surface area contributed by atoms with Crippen molar-refractivity contribution in [2.45, 2.75) is 143 Å². The lowest BCUT2D eigenvalue weighted by molar-refractivity contribution is -0.156. The molecule has 2 amide bonds. The molecule has 2 aliphatic rings. The second kappa shape index (κ2) is 23.4. The lowest BCUT2D eigenvalue weighted by Gasteiger charge is -2.29. The molecule has 0 aliphatic carbocycles. The minimum absolute atomic E-state index is 0.0359. The standard InChI is InChI=1S/C42H61N3O8/c1-6-7-8-9-10-11-12-13-14-15-16-21-39(48)52-34-26-31(4)19-17-24-43-37(47)23-22-32(5)40(30(2)3)53-42(50)36-20-18-25-45(36)41(49)35-29-51-38(44-35)28-33(46)27-34/h17-20,22-23,26,29-30,32,34,36,40H,6-16,21,24-25,27-28H2,1-5H3,(H,43,47)/b19-17+,23-22-,31-26-. The maximum absolute atomic E-state index is 13.4. The zero-order chi connectivity index (χ0) is 38.6. The fourth-order valence-corrected chi connectivity index (χ4v) is 6.55. The number of oxazole rings is 1. The van der Waals surface area contributed by atoms with Gasteiger partial charge < -0.3 is 24.1 Å². The van der Waals surface area contributed by atoms with E-state index in [1.54, 1.807) is 36.5 Å². The zero-order valence-electron chi connectivity index (χ0n) is 32.5. The molecule has 1 aromatic heterocycles. The lowest BCUT2D eigenvalue weighted by Crippen LogP contribution is -2.44. The zero-order valence-corrected chi connectivity index (χ0v) is 32.5. The van der Waals surface area contributed by atoms with Gasteiger partial charge in [0.25, 0.3) is 5.91 Å². The van der Waals surface area contributed by atoms with Crippen molar-refractivity contribution in [3.05, 3.63) is 66.0 Å². The van der Waals surface area contributed by atoms with Crippen molar-refractivity contribution in [3.8, 4) is 0 Å². The number of ketones is 1. The molecule has 4 atom stereocenters. The Labute approximate surface area is 315 Å². The Morgan fingerprint density at radius 3 is 2.32 bits per heavy atom. The highest BCUT2D eigenvalue weighted by Gasteiger charge is 2.36. The molecule has 0 saturated heterocycles. The number of nitrogens with one attached hydrogen (secondary N) is 1. The average molecular weight is 736 g/mol. The number of allylic oxidation sites excluding steroid dienone is 2. The predicted octanol–water partition coefficient (Wildman–Crippen LogP) is 7.56. The number of rotatable bonds is 14. The van der Waals surface area contributed by atoms with Crippen molar-refractivity contribution in [1.82, 2.24) is 15.2 Å². The summed E-state index contributed by atoms with van der Waals surface area (Å²) in [4.78, 5) is 71.1. The van der Waals surface area contributed by atoms with Crippen molar-refractivity contribution >= 4 is 29.5 Å². The number of amides is 2. The molecule has 2 bridgehead atoms. The predicted molar refractivity (Wildman–Crippen MR) is 204 cm³/mol. The molecule has 1 aromatic rings. The average Bonchev–Trinajstić information content (AvgIpc) is 3.80. The second-order valence-corrected chi connectivity index (χ2v) is 14.6. The number of unbranched alkanes of at least 4 members (excludes halogenated alkanes) is 10. The first-order chi connectivity index (χ1) is 25.5. The number of carbonyl (C=O) groups is 5. The molecule has 2 aliphatic heterocycles. The van der Waals surface area contributed by atoms with Crippen molar-refractivity contribution in [3.63, 3.8) is 0 Å². The molecule has 53 heavy (non-hydrogen) atoms. The molecule has 0 aromatic carbocycles. The van der Waals surface area contributed by atoms with Gasteiger partial charge in [0.2, 0.25) is 11.8 Å². The number of carbonyl (C=O) groups excluding carboxylic acids is 5. The normalized spacial score (nSPS) is 24.3. The summed E-state index contributed by atoms with van der Waals surface area (Å²) in [5.74, 6) is -2.40. The van der Waals surface area contributed by atoms with E-state index in [0.29, 0.717) is 0 Å². The van der Waals surface area contributed by atoms with Crippen LogP contribution in [0.4, 0.5) is 0 Å². The van der Waals surface area contributed by atoms with Crippen LogP contribution in [0, 0.1) is 11.8 Å². The molecule has 0 spiro atoms. The smallest absolute Gasteiger partial charge is 0.333 e. The van der Waals surface area contributed by atoms with E-state index in [0.717, 1.165) is 24.8 Å². The van der Waals surface area contributed by atoms with Gasteiger partial charge in [0.1, 0.15) is 30.3 Å². The quantitative estimate of drug-likeness (QED) is 0.116. The van der Waals surface area contributed by atoms with E-state index in [2.05, 4.69) is 17.2 Å². The van der Waals surface area contributed by atoms with Crippen LogP contribution in [0.2, 0.25) is 0 Å². The van der Waals surface area contributed by atoms with Gasteiger partial charge in [0, 0.05) is 31.8 Å². The number of cyclic esters (lactones) is 1. The van der Waals surface area contributed by atoms with E-state index < -0.39 is 30.1 Å². The molecular formula is C42H61N3O8. The van der Waals surface area contributed by atoms with E-state index in [9.17, 15) is 24.0 Å². The molecule has 4 unspecified atom stereocenters.